The van der Waals surface area contributed by atoms with E-state index in [9.17, 15) is 17.2 Å². The molecule has 0 saturated heterocycles. The lowest BCUT2D eigenvalue weighted by Gasteiger charge is -2.08. The molecule has 0 radical (unpaired) electrons. The van der Waals surface area contributed by atoms with Crippen molar-refractivity contribution in [2.75, 3.05) is 5.73 Å². The molecule has 1 heterocycles. The number of hydrogen-bond donors (Lipinski definition) is 1. The van der Waals surface area contributed by atoms with Gasteiger partial charge in [0.15, 0.2) is 9.84 Å². The molecular formula is C12H9BrF2N2O2S. The normalized spacial score (nSPS) is 11.6. The van der Waals surface area contributed by atoms with Crippen LogP contribution in [-0.2, 0) is 15.6 Å². The molecular weight excluding hydrogens is 354 g/mol. The number of sulfone groups is 1. The van der Waals surface area contributed by atoms with Crippen molar-refractivity contribution in [2.24, 2.45) is 0 Å². The van der Waals surface area contributed by atoms with E-state index in [4.69, 9.17) is 5.73 Å². The summed E-state index contributed by atoms with van der Waals surface area (Å²) in [5, 5.41) is 0. The maximum Gasteiger partial charge on any atom is 0.185 e. The summed E-state index contributed by atoms with van der Waals surface area (Å²) in [7, 11) is -3.98. The molecule has 2 aromatic rings. The summed E-state index contributed by atoms with van der Waals surface area (Å²) in [5.41, 5.74) is 5.83. The van der Waals surface area contributed by atoms with Gasteiger partial charge in [0.2, 0.25) is 0 Å². The summed E-state index contributed by atoms with van der Waals surface area (Å²) in [6.07, 6.45) is 1.42. The van der Waals surface area contributed by atoms with E-state index in [1.807, 2.05) is 0 Å². The molecule has 4 nitrogen and oxygen atoms in total. The van der Waals surface area contributed by atoms with Gasteiger partial charge in [0, 0.05) is 22.3 Å². The molecule has 2 rings (SSSR count). The van der Waals surface area contributed by atoms with Gasteiger partial charge >= 0.3 is 0 Å². The highest BCUT2D eigenvalue weighted by molar-refractivity contribution is 9.10. The quantitative estimate of drug-likeness (QED) is 0.851. The first-order chi connectivity index (χ1) is 9.29. The van der Waals surface area contributed by atoms with Gasteiger partial charge in [-0.25, -0.2) is 22.2 Å². The zero-order chi connectivity index (χ0) is 14.9. The topological polar surface area (TPSA) is 73.0 Å². The van der Waals surface area contributed by atoms with Crippen LogP contribution in [0, 0.1) is 11.6 Å². The molecule has 0 atom stereocenters. The first kappa shape index (κ1) is 14.9. The molecule has 0 aliphatic carbocycles. The third-order valence-corrected chi connectivity index (χ3v) is 4.67. The fraction of sp³-hybridized carbons (Fsp3) is 0.0833. The number of nitrogens with zero attached hydrogens (tertiary/aromatic N) is 1. The summed E-state index contributed by atoms with van der Waals surface area (Å²) in [4.78, 5) is 3.23. The summed E-state index contributed by atoms with van der Waals surface area (Å²) in [6.45, 7) is 0. The summed E-state index contributed by atoms with van der Waals surface area (Å²) in [5.74, 6) is -2.45. The van der Waals surface area contributed by atoms with Crippen LogP contribution in [0.1, 0.15) is 5.56 Å². The predicted molar refractivity (Wildman–Crippen MR) is 73.6 cm³/mol. The van der Waals surface area contributed by atoms with Crippen molar-refractivity contribution in [1.29, 1.82) is 0 Å². The van der Waals surface area contributed by atoms with Crippen molar-refractivity contribution in [3.05, 3.63) is 52.1 Å². The Morgan fingerprint density at radius 1 is 1.25 bits per heavy atom. The first-order valence-electron chi connectivity index (χ1n) is 5.37. The van der Waals surface area contributed by atoms with Crippen LogP contribution in [-0.4, -0.2) is 13.4 Å². The molecule has 1 aromatic carbocycles. The zero-order valence-electron chi connectivity index (χ0n) is 9.98. The molecule has 0 spiro atoms. The van der Waals surface area contributed by atoms with Crippen LogP contribution >= 0.6 is 15.9 Å². The Hall–Kier alpha value is -1.54. The van der Waals surface area contributed by atoms with Gasteiger partial charge in [-0.1, -0.05) is 0 Å². The molecule has 0 saturated carbocycles. The van der Waals surface area contributed by atoms with Crippen molar-refractivity contribution in [3.8, 4) is 0 Å². The number of anilines is 1. The van der Waals surface area contributed by atoms with Gasteiger partial charge in [-0.2, -0.15) is 0 Å². The highest BCUT2D eigenvalue weighted by Gasteiger charge is 2.21. The fourth-order valence-corrected chi connectivity index (χ4v) is 3.42. The maximum atomic E-state index is 13.6. The predicted octanol–water partition coefficient (Wildman–Crippen LogP) is 2.68. The van der Waals surface area contributed by atoms with E-state index in [1.54, 1.807) is 0 Å². The standard InChI is InChI=1S/C12H9BrF2N2O2S/c13-8-3-7(12(16)17-5-8)6-20(18,19)11-2-1-9(14)4-10(11)15/h1-5H,6H2,(H2,16,17). The van der Waals surface area contributed by atoms with Crippen LogP contribution in [0.25, 0.3) is 0 Å². The lowest BCUT2D eigenvalue weighted by Crippen LogP contribution is -2.10. The van der Waals surface area contributed by atoms with Crippen molar-refractivity contribution >= 4 is 31.6 Å². The van der Waals surface area contributed by atoms with E-state index < -0.39 is 32.1 Å². The van der Waals surface area contributed by atoms with Crippen molar-refractivity contribution in [1.82, 2.24) is 4.98 Å². The molecule has 0 aliphatic heterocycles. The van der Waals surface area contributed by atoms with Gasteiger partial charge in [0.05, 0.1) is 5.75 Å². The summed E-state index contributed by atoms with van der Waals surface area (Å²) >= 11 is 3.15. The van der Waals surface area contributed by atoms with E-state index in [0.717, 1.165) is 12.1 Å². The second-order valence-electron chi connectivity index (χ2n) is 4.03. The molecule has 20 heavy (non-hydrogen) atoms. The zero-order valence-corrected chi connectivity index (χ0v) is 12.4. The largest absolute Gasteiger partial charge is 0.383 e. The SMILES string of the molecule is Nc1ncc(Br)cc1CS(=O)(=O)c1ccc(F)cc1F. The van der Waals surface area contributed by atoms with E-state index in [0.29, 0.717) is 10.5 Å². The highest BCUT2D eigenvalue weighted by Crippen LogP contribution is 2.24. The van der Waals surface area contributed by atoms with Gasteiger partial charge in [-0.05, 0) is 34.1 Å². The number of nitrogen functional groups attached to an aromatic ring is 1. The van der Waals surface area contributed by atoms with Gasteiger partial charge < -0.3 is 5.73 Å². The van der Waals surface area contributed by atoms with Gasteiger partial charge in [0.1, 0.15) is 22.3 Å². The molecule has 0 bridgehead atoms. The molecule has 106 valence electrons. The molecule has 8 heteroatoms. The average molecular weight is 363 g/mol. The van der Waals surface area contributed by atoms with Crippen molar-refractivity contribution in [3.63, 3.8) is 0 Å². The fourth-order valence-electron chi connectivity index (χ4n) is 1.62. The Kier molecular flexibility index (Phi) is 4.05. The number of benzene rings is 1. The van der Waals surface area contributed by atoms with E-state index in [-0.39, 0.29) is 11.4 Å². The number of halogens is 3. The molecule has 0 unspecified atom stereocenters. The van der Waals surface area contributed by atoms with Crippen molar-refractivity contribution < 1.29 is 17.2 Å². The van der Waals surface area contributed by atoms with Crippen LogP contribution in [0.15, 0.2) is 39.8 Å². The smallest absolute Gasteiger partial charge is 0.185 e. The Balaban J connectivity index is 2.43. The summed E-state index contributed by atoms with van der Waals surface area (Å²) in [6, 6.07) is 3.79. The Bertz CT molecular complexity index is 766. The van der Waals surface area contributed by atoms with Crippen LogP contribution < -0.4 is 5.73 Å². The van der Waals surface area contributed by atoms with Gasteiger partial charge in [-0.3, -0.25) is 0 Å². The monoisotopic (exact) mass is 362 g/mol. The minimum Gasteiger partial charge on any atom is -0.383 e. The maximum absolute atomic E-state index is 13.6. The number of hydrogen-bond acceptors (Lipinski definition) is 4. The third-order valence-electron chi connectivity index (χ3n) is 2.54. The Morgan fingerprint density at radius 2 is 1.95 bits per heavy atom. The number of aromatic nitrogens is 1. The Labute approximate surface area is 122 Å². The second kappa shape index (κ2) is 5.45. The molecule has 0 fully saturated rings. The van der Waals surface area contributed by atoms with Crippen LogP contribution in [0.3, 0.4) is 0 Å². The second-order valence-corrected chi connectivity index (χ2v) is 6.91. The van der Waals surface area contributed by atoms with Crippen LogP contribution in [0.2, 0.25) is 0 Å². The number of rotatable bonds is 3. The molecule has 2 N–H and O–H groups in total. The van der Waals surface area contributed by atoms with E-state index in [2.05, 4.69) is 20.9 Å². The average Bonchev–Trinajstić information content (AvgIpc) is 2.33. The minimum atomic E-state index is -3.98. The minimum absolute atomic E-state index is 0.0410. The molecule has 0 aliphatic rings. The van der Waals surface area contributed by atoms with Crippen LogP contribution in [0.5, 0.6) is 0 Å². The Morgan fingerprint density at radius 3 is 2.60 bits per heavy atom. The number of nitrogens with two attached hydrogens (primary N) is 1. The van der Waals surface area contributed by atoms with Gasteiger partial charge in [0.25, 0.3) is 0 Å². The van der Waals surface area contributed by atoms with Crippen LogP contribution in [0.4, 0.5) is 14.6 Å². The van der Waals surface area contributed by atoms with E-state index >= 15 is 0 Å². The third kappa shape index (κ3) is 3.13. The molecule has 1 aromatic heterocycles. The summed E-state index contributed by atoms with van der Waals surface area (Å²) < 4.78 is 51.2. The lowest BCUT2D eigenvalue weighted by molar-refractivity contribution is 0.549. The van der Waals surface area contributed by atoms with Crippen molar-refractivity contribution in [2.45, 2.75) is 10.6 Å². The van der Waals surface area contributed by atoms with Gasteiger partial charge in [-0.15, -0.1) is 0 Å². The lowest BCUT2D eigenvalue weighted by atomic mass is 10.3. The number of pyridine rings is 1. The molecule has 0 amide bonds. The van der Waals surface area contributed by atoms with E-state index in [1.165, 1.54) is 12.3 Å². The first-order valence-corrected chi connectivity index (χ1v) is 7.82. The highest BCUT2D eigenvalue weighted by atomic mass is 79.9.